The minimum atomic E-state index is 0. The van der Waals surface area contributed by atoms with Crippen molar-refractivity contribution in [1.29, 1.82) is 0 Å². The van der Waals surface area contributed by atoms with Gasteiger partial charge in [-0.25, -0.2) is 9.13 Å². The molecule has 0 spiro atoms. The third-order valence-electron chi connectivity index (χ3n) is 3.87. The molecule has 5 heteroatoms. The standard InChI is InChI=1S/C18H25Cl2N2.ClH/c1-2-3-4-5-6-7-10-21-11-12-22(15-21)14-16-8-9-17(19)18(20)13-16;/h8-9,11-13,15H,2-7,10,14H2,1H3;1H/q+1;/p-1. The molecule has 0 saturated heterocycles. The van der Waals surface area contributed by atoms with Crippen molar-refractivity contribution in [2.75, 3.05) is 0 Å². The minimum absolute atomic E-state index is 0. The molecule has 2 rings (SSSR count). The van der Waals surface area contributed by atoms with Crippen LogP contribution in [0.1, 0.15) is 51.0 Å². The van der Waals surface area contributed by atoms with Crippen LogP contribution in [0.15, 0.2) is 36.9 Å². The lowest BCUT2D eigenvalue weighted by atomic mass is 10.1. The summed E-state index contributed by atoms with van der Waals surface area (Å²) in [7, 11) is 0. The lowest BCUT2D eigenvalue weighted by molar-refractivity contribution is -0.687. The van der Waals surface area contributed by atoms with Crippen molar-refractivity contribution in [3.63, 3.8) is 0 Å². The van der Waals surface area contributed by atoms with Crippen LogP contribution in [0.3, 0.4) is 0 Å². The predicted molar refractivity (Wildman–Crippen MR) is 93.6 cm³/mol. The zero-order chi connectivity index (χ0) is 15.8. The fourth-order valence-corrected chi connectivity index (χ4v) is 2.91. The molecule has 0 fully saturated rings. The van der Waals surface area contributed by atoms with Crippen molar-refractivity contribution in [3.8, 4) is 0 Å². The highest BCUT2D eigenvalue weighted by Gasteiger charge is 2.06. The Morgan fingerprint density at radius 3 is 2.48 bits per heavy atom. The van der Waals surface area contributed by atoms with Crippen LogP contribution < -0.4 is 17.0 Å². The summed E-state index contributed by atoms with van der Waals surface area (Å²) >= 11 is 12.0. The normalized spacial score (nSPS) is 10.6. The van der Waals surface area contributed by atoms with Crippen LogP contribution in [-0.2, 0) is 13.1 Å². The van der Waals surface area contributed by atoms with Crippen molar-refractivity contribution in [1.82, 2.24) is 4.57 Å². The zero-order valence-electron chi connectivity index (χ0n) is 13.6. The van der Waals surface area contributed by atoms with E-state index in [1.807, 2.05) is 18.2 Å². The van der Waals surface area contributed by atoms with Crippen molar-refractivity contribution in [2.45, 2.75) is 58.5 Å². The van der Waals surface area contributed by atoms with Gasteiger partial charge in [0.2, 0.25) is 6.33 Å². The number of aromatic nitrogens is 2. The summed E-state index contributed by atoms with van der Waals surface area (Å²) in [6, 6.07) is 5.81. The SMILES string of the molecule is CCCCCCCCn1cc[n+](Cc2ccc(Cl)c(Cl)c2)c1.[Cl-]. The highest BCUT2D eigenvalue weighted by atomic mass is 35.5. The van der Waals surface area contributed by atoms with Crippen molar-refractivity contribution in [2.24, 2.45) is 0 Å². The minimum Gasteiger partial charge on any atom is -1.00 e. The maximum absolute atomic E-state index is 6.06. The largest absolute Gasteiger partial charge is 1.00 e. The molecular weight excluding hydrogens is 351 g/mol. The molecule has 0 unspecified atom stereocenters. The number of aryl methyl sites for hydroxylation is 1. The Balaban J connectivity index is 0.00000264. The van der Waals surface area contributed by atoms with Crippen LogP contribution in [0.25, 0.3) is 0 Å². The van der Waals surface area contributed by atoms with Crippen LogP contribution >= 0.6 is 23.2 Å². The number of nitrogens with zero attached hydrogens (tertiary/aromatic N) is 2. The molecule has 0 N–H and O–H groups in total. The van der Waals surface area contributed by atoms with Crippen LogP contribution in [-0.4, -0.2) is 4.57 Å². The van der Waals surface area contributed by atoms with E-state index < -0.39 is 0 Å². The molecule has 1 aromatic carbocycles. The summed E-state index contributed by atoms with van der Waals surface area (Å²) in [6.07, 6.45) is 14.4. The summed E-state index contributed by atoms with van der Waals surface area (Å²) in [6.45, 7) is 4.17. The molecule has 0 radical (unpaired) electrons. The van der Waals surface area contributed by atoms with E-state index in [0.29, 0.717) is 10.0 Å². The Morgan fingerprint density at radius 2 is 1.74 bits per heavy atom. The topological polar surface area (TPSA) is 8.81 Å². The Bertz CT molecular complexity index is 581. The van der Waals surface area contributed by atoms with Crippen molar-refractivity contribution >= 4 is 23.2 Å². The fraction of sp³-hybridized carbons (Fsp3) is 0.500. The Hall–Kier alpha value is -0.700. The molecular formula is C18H25Cl3N2. The number of halogens is 3. The Morgan fingerprint density at radius 1 is 1.00 bits per heavy atom. The molecule has 2 aromatic rings. The van der Waals surface area contributed by atoms with Crippen LogP contribution in [0, 0.1) is 0 Å². The average molecular weight is 376 g/mol. The maximum atomic E-state index is 6.06. The van der Waals surface area contributed by atoms with Gasteiger partial charge in [0.1, 0.15) is 18.9 Å². The molecule has 0 aliphatic rings. The highest BCUT2D eigenvalue weighted by Crippen LogP contribution is 2.22. The number of unbranched alkanes of at least 4 members (excludes halogenated alkanes) is 5. The molecule has 0 atom stereocenters. The molecule has 23 heavy (non-hydrogen) atoms. The molecule has 1 aromatic heterocycles. The van der Waals surface area contributed by atoms with Gasteiger partial charge in [0.05, 0.1) is 16.6 Å². The highest BCUT2D eigenvalue weighted by molar-refractivity contribution is 6.42. The third-order valence-corrected chi connectivity index (χ3v) is 4.60. The number of hydrogen-bond acceptors (Lipinski definition) is 0. The van der Waals surface area contributed by atoms with Gasteiger partial charge < -0.3 is 12.4 Å². The lowest BCUT2D eigenvalue weighted by Gasteiger charge is -2.01. The van der Waals surface area contributed by atoms with Gasteiger partial charge in [0, 0.05) is 0 Å². The number of imidazole rings is 1. The van der Waals surface area contributed by atoms with Crippen LogP contribution in [0.2, 0.25) is 10.0 Å². The van der Waals surface area contributed by atoms with Gasteiger partial charge in [0.15, 0.2) is 0 Å². The summed E-state index contributed by atoms with van der Waals surface area (Å²) in [5.74, 6) is 0. The second-order valence-corrected chi connectivity index (χ2v) is 6.65. The Labute approximate surface area is 155 Å². The zero-order valence-corrected chi connectivity index (χ0v) is 15.9. The van der Waals surface area contributed by atoms with Crippen molar-refractivity contribution < 1.29 is 17.0 Å². The number of rotatable bonds is 9. The lowest BCUT2D eigenvalue weighted by Crippen LogP contribution is -3.00. The van der Waals surface area contributed by atoms with Gasteiger partial charge in [-0.1, -0.05) is 61.9 Å². The third kappa shape index (κ3) is 7.15. The van der Waals surface area contributed by atoms with E-state index in [4.69, 9.17) is 23.2 Å². The first-order chi connectivity index (χ1) is 10.7. The summed E-state index contributed by atoms with van der Waals surface area (Å²) in [5, 5.41) is 1.22. The molecule has 0 amide bonds. The van der Waals surface area contributed by atoms with Gasteiger partial charge in [-0.15, -0.1) is 0 Å². The molecule has 0 aliphatic heterocycles. The first kappa shape index (κ1) is 20.3. The van der Waals surface area contributed by atoms with Gasteiger partial charge in [-0.05, 0) is 30.5 Å². The summed E-state index contributed by atoms with van der Waals surface area (Å²) in [4.78, 5) is 0. The van der Waals surface area contributed by atoms with Gasteiger partial charge in [-0.3, -0.25) is 0 Å². The molecule has 0 bridgehead atoms. The molecule has 2 nitrogen and oxygen atoms in total. The second-order valence-electron chi connectivity index (χ2n) is 5.84. The quantitative estimate of drug-likeness (QED) is 0.470. The van der Waals surface area contributed by atoms with E-state index in [0.717, 1.165) is 18.7 Å². The van der Waals surface area contributed by atoms with Gasteiger partial charge in [-0.2, -0.15) is 0 Å². The molecule has 0 saturated carbocycles. The summed E-state index contributed by atoms with van der Waals surface area (Å²) < 4.78 is 4.44. The fourth-order valence-electron chi connectivity index (χ4n) is 2.59. The predicted octanol–water partition coefficient (Wildman–Crippen LogP) is 2.50. The van der Waals surface area contributed by atoms with Gasteiger partial charge >= 0.3 is 0 Å². The van der Waals surface area contributed by atoms with E-state index in [9.17, 15) is 0 Å². The maximum Gasteiger partial charge on any atom is 0.244 e. The molecule has 0 aliphatic carbocycles. The van der Waals surface area contributed by atoms with Crippen molar-refractivity contribution in [3.05, 3.63) is 52.5 Å². The first-order valence-electron chi connectivity index (χ1n) is 8.18. The number of hydrogen-bond donors (Lipinski definition) is 0. The Kier molecular flexibility index (Phi) is 9.69. The first-order valence-corrected chi connectivity index (χ1v) is 8.93. The van der Waals surface area contributed by atoms with E-state index >= 15 is 0 Å². The van der Waals surface area contributed by atoms with Crippen LogP contribution in [0.5, 0.6) is 0 Å². The smallest absolute Gasteiger partial charge is 0.244 e. The van der Waals surface area contributed by atoms with E-state index in [1.54, 1.807) is 0 Å². The molecule has 1 heterocycles. The van der Waals surface area contributed by atoms with E-state index in [1.165, 1.54) is 38.5 Å². The average Bonchev–Trinajstić information content (AvgIpc) is 2.94. The van der Waals surface area contributed by atoms with E-state index in [2.05, 4.69) is 34.8 Å². The summed E-state index contributed by atoms with van der Waals surface area (Å²) in [5.41, 5.74) is 1.16. The van der Waals surface area contributed by atoms with Crippen LogP contribution in [0.4, 0.5) is 0 Å². The van der Waals surface area contributed by atoms with E-state index in [-0.39, 0.29) is 12.4 Å². The van der Waals surface area contributed by atoms with Gasteiger partial charge in [0.25, 0.3) is 0 Å². The monoisotopic (exact) mass is 374 g/mol. The second kappa shape index (κ2) is 11.0. The number of benzene rings is 1. The molecule has 128 valence electrons.